The van der Waals surface area contributed by atoms with Crippen molar-refractivity contribution in [2.45, 2.75) is 19.8 Å². The van der Waals surface area contributed by atoms with Gasteiger partial charge in [-0.1, -0.05) is 26.0 Å². The van der Waals surface area contributed by atoms with E-state index in [1.807, 2.05) is 34.7 Å². The Hall–Kier alpha value is -3.39. The molecule has 0 fully saturated rings. The van der Waals surface area contributed by atoms with Crippen molar-refractivity contribution in [3.05, 3.63) is 71.5 Å². The van der Waals surface area contributed by atoms with Gasteiger partial charge >= 0.3 is 0 Å². The van der Waals surface area contributed by atoms with Crippen LogP contribution in [0.25, 0.3) is 16.7 Å². The summed E-state index contributed by atoms with van der Waals surface area (Å²) >= 11 is 0. The van der Waals surface area contributed by atoms with Crippen molar-refractivity contribution in [3.8, 4) is 6.07 Å². The third kappa shape index (κ3) is 2.56. The van der Waals surface area contributed by atoms with Crippen molar-refractivity contribution >= 4 is 28.2 Å². The third-order valence-corrected chi connectivity index (χ3v) is 4.46. The lowest BCUT2D eigenvalue weighted by Crippen LogP contribution is -2.04. The van der Waals surface area contributed by atoms with Crippen LogP contribution in [0.4, 0.5) is 15.9 Å². The lowest BCUT2D eigenvalue weighted by Gasteiger charge is -2.15. The molecule has 0 spiro atoms. The van der Waals surface area contributed by atoms with Gasteiger partial charge in [0.05, 0.1) is 16.6 Å². The van der Waals surface area contributed by atoms with Crippen LogP contribution < -0.4 is 5.32 Å². The first-order valence-corrected chi connectivity index (χ1v) is 8.45. The minimum Gasteiger partial charge on any atom is -0.341 e. The number of nitrogens with zero attached hydrogens (tertiary/aromatic N) is 3. The topological polar surface area (TPSA) is 53.1 Å². The molecule has 128 valence electrons. The van der Waals surface area contributed by atoms with E-state index < -0.39 is 0 Å². The van der Waals surface area contributed by atoms with E-state index in [0.717, 1.165) is 28.1 Å². The maximum absolute atomic E-state index is 13.2. The summed E-state index contributed by atoms with van der Waals surface area (Å²) in [6, 6.07) is 18.3. The van der Waals surface area contributed by atoms with Gasteiger partial charge in [0, 0.05) is 5.69 Å². The van der Waals surface area contributed by atoms with E-state index in [2.05, 4.69) is 30.2 Å². The Morgan fingerprint density at radius 1 is 1.12 bits per heavy atom. The fourth-order valence-corrected chi connectivity index (χ4v) is 3.19. The molecule has 0 aliphatic heterocycles. The smallest absolute Gasteiger partial charge is 0.157 e. The first-order chi connectivity index (χ1) is 12.6. The van der Waals surface area contributed by atoms with Gasteiger partial charge in [0.1, 0.15) is 17.7 Å². The van der Waals surface area contributed by atoms with E-state index in [9.17, 15) is 9.65 Å². The number of nitrogens with one attached hydrogen (secondary N) is 1. The number of hydrogen-bond acceptors (Lipinski definition) is 3. The van der Waals surface area contributed by atoms with Crippen LogP contribution >= 0.6 is 0 Å². The van der Waals surface area contributed by atoms with E-state index in [1.165, 1.54) is 12.1 Å². The predicted molar refractivity (Wildman–Crippen MR) is 101 cm³/mol. The highest BCUT2D eigenvalue weighted by Crippen LogP contribution is 2.31. The highest BCUT2D eigenvalue weighted by Gasteiger charge is 2.18. The molecule has 2 heterocycles. The molecule has 0 saturated heterocycles. The van der Waals surface area contributed by atoms with Crippen LogP contribution in [-0.4, -0.2) is 9.38 Å². The molecular formula is C21H17FN4. The minimum absolute atomic E-state index is 0.170. The van der Waals surface area contributed by atoms with Gasteiger partial charge < -0.3 is 5.32 Å². The number of nitriles is 1. The Bertz CT molecular complexity index is 1150. The maximum Gasteiger partial charge on any atom is 0.157 e. The Balaban J connectivity index is 2.03. The average molecular weight is 344 g/mol. The SMILES string of the molecule is CC(C)c1cc(Nc2ccc(F)cc2)n2c(nc3ccccc32)c1C#N. The average Bonchev–Trinajstić information content (AvgIpc) is 3.03. The van der Waals surface area contributed by atoms with E-state index in [-0.39, 0.29) is 11.7 Å². The van der Waals surface area contributed by atoms with Gasteiger partial charge in [-0.15, -0.1) is 0 Å². The normalized spacial score (nSPS) is 11.2. The summed E-state index contributed by atoms with van der Waals surface area (Å²) in [6.45, 7) is 4.11. The number of para-hydroxylation sites is 2. The van der Waals surface area contributed by atoms with Gasteiger partial charge in [-0.2, -0.15) is 5.26 Å². The van der Waals surface area contributed by atoms with Crippen LogP contribution in [0.3, 0.4) is 0 Å². The molecule has 4 rings (SSSR count). The van der Waals surface area contributed by atoms with Crippen molar-refractivity contribution in [2.24, 2.45) is 0 Å². The number of aromatic nitrogens is 2. The molecule has 1 N–H and O–H groups in total. The molecule has 0 bridgehead atoms. The number of hydrogen-bond donors (Lipinski definition) is 1. The van der Waals surface area contributed by atoms with Crippen LogP contribution in [0.1, 0.15) is 30.9 Å². The number of pyridine rings is 1. The molecule has 0 radical (unpaired) electrons. The van der Waals surface area contributed by atoms with Gasteiger partial charge in [0.15, 0.2) is 5.65 Å². The second-order valence-corrected chi connectivity index (χ2v) is 6.52. The summed E-state index contributed by atoms with van der Waals surface area (Å²) in [4.78, 5) is 4.69. The molecule has 26 heavy (non-hydrogen) atoms. The first kappa shape index (κ1) is 16.1. The van der Waals surface area contributed by atoms with Crippen molar-refractivity contribution in [2.75, 3.05) is 5.32 Å². The molecule has 0 aliphatic carbocycles. The highest BCUT2D eigenvalue weighted by atomic mass is 19.1. The second kappa shape index (κ2) is 6.16. The number of fused-ring (bicyclic) bond motifs is 3. The molecule has 4 nitrogen and oxygen atoms in total. The molecule has 2 aromatic carbocycles. The molecule has 0 saturated carbocycles. The molecule has 4 aromatic rings. The zero-order chi connectivity index (χ0) is 18.3. The van der Waals surface area contributed by atoms with Gasteiger partial charge in [-0.05, 0) is 53.9 Å². The summed E-state index contributed by atoms with van der Waals surface area (Å²) in [5.74, 6) is 0.683. The van der Waals surface area contributed by atoms with E-state index in [4.69, 9.17) is 0 Å². The number of rotatable bonds is 3. The zero-order valence-corrected chi connectivity index (χ0v) is 14.5. The third-order valence-electron chi connectivity index (χ3n) is 4.46. The molecule has 0 atom stereocenters. The Kier molecular flexibility index (Phi) is 3.81. The van der Waals surface area contributed by atoms with Gasteiger partial charge in [-0.3, -0.25) is 4.40 Å². The largest absolute Gasteiger partial charge is 0.341 e. The first-order valence-electron chi connectivity index (χ1n) is 8.45. The second-order valence-electron chi connectivity index (χ2n) is 6.52. The lowest BCUT2D eigenvalue weighted by atomic mass is 9.99. The van der Waals surface area contributed by atoms with Crippen molar-refractivity contribution < 1.29 is 4.39 Å². The number of imidazole rings is 1. The Labute approximate surface area is 150 Å². The quantitative estimate of drug-likeness (QED) is 0.544. The fraction of sp³-hybridized carbons (Fsp3) is 0.143. The van der Waals surface area contributed by atoms with Crippen LogP contribution in [0.5, 0.6) is 0 Å². The maximum atomic E-state index is 13.2. The minimum atomic E-state index is -0.281. The van der Waals surface area contributed by atoms with Crippen LogP contribution in [-0.2, 0) is 0 Å². The summed E-state index contributed by atoms with van der Waals surface area (Å²) in [5.41, 5.74) is 4.65. The standard InChI is InChI=1S/C21H17FN4/c1-13(2)16-11-20(24-15-9-7-14(22)8-10-15)26-19-6-4-3-5-18(19)25-21(26)17(16)12-23/h3-11,13,24H,1-2H3. The molecule has 2 aromatic heterocycles. The highest BCUT2D eigenvalue weighted by molar-refractivity contribution is 5.86. The molecule has 0 amide bonds. The van der Waals surface area contributed by atoms with E-state index in [1.54, 1.807) is 12.1 Å². The fourth-order valence-electron chi connectivity index (χ4n) is 3.19. The van der Waals surface area contributed by atoms with Crippen LogP contribution in [0.15, 0.2) is 54.6 Å². The lowest BCUT2D eigenvalue weighted by molar-refractivity contribution is 0.628. The number of anilines is 2. The molecular weight excluding hydrogens is 327 g/mol. The Morgan fingerprint density at radius 2 is 1.85 bits per heavy atom. The Morgan fingerprint density at radius 3 is 2.54 bits per heavy atom. The number of halogens is 1. The summed E-state index contributed by atoms with van der Waals surface area (Å²) in [6.07, 6.45) is 0. The molecule has 5 heteroatoms. The van der Waals surface area contributed by atoms with Gasteiger partial charge in [0.2, 0.25) is 0 Å². The predicted octanol–water partition coefficient (Wildman–Crippen LogP) is 5.37. The van der Waals surface area contributed by atoms with Crippen LogP contribution in [0, 0.1) is 17.1 Å². The van der Waals surface area contributed by atoms with Crippen molar-refractivity contribution in [3.63, 3.8) is 0 Å². The number of benzene rings is 2. The summed E-state index contributed by atoms with van der Waals surface area (Å²) < 4.78 is 15.2. The van der Waals surface area contributed by atoms with Gasteiger partial charge in [-0.25, -0.2) is 9.37 Å². The molecule has 0 unspecified atom stereocenters. The molecule has 0 aliphatic rings. The summed E-state index contributed by atoms with van der Waals surface area (Å²) in [7, 11) is 0. The van der Waals surface area contributed by atoms with E-state index >= 15 is 0 Å². The summed E-state index contributed by atoms with van der Waals surface area (Å²) in [5, 5.41) is 13.1. The zero-order valence-electron chi connectivity index (χ0n) is 14.5. The van der Waals surface area contributed by atoms with Crippen molar-refractivity contribution in [1.29, 1.82) is 5.26 Å². The van der Waals surface area contributed by atoms with E-state index in [0.29, 0.717) is 11.2 Å². The monoisotopic (exact) mass is 344 g/mol. The van der Waals surface area contributed by atoms with Crippen molar-refractivity contribution in [1.82, 2.24) is 9.38 Å². The van der Waals surface area contributed by atoms with Gasteiger partial charge in [0.25, 0.3) is 0 Å². The van der Waals surface area contributed by atoms with Crippen LogP contribution in [0.2, 0.25) is 0 Å².